The zero-order valence-electron chi connectivity index (χ0n) is 9.09. The van der Waals surface area contributed by atoms with E-state index >= 15 is 0 Å². The van der Waals surface area contributed by atoms with Gasteiger partial charge in [-0.2, -0.15) is 16.8 Å². The van der Waals surface area contributed by atoms with Gasteiger partial charge in [-0.15, -0.1) is 0 Å². The van der Waals surface area contributed by atoms with Gasteiger partial charge in [-0.1, -0.05) is 0 Å². The molecule has 0 aromatic rings. The SMILES string of the molecule is CN1C=CN(CCCS(=O)(=O)O)C1S(=O)(=O)O. The molecule has 8 nitrogen and oxygen atoms in total. The Balaban J connectivity index is 2.63. The van der Waals surface area contributed by atoms with E-state index in [2.05, 4.69) is 0 Å². The second-order valence-corrected chi connectivity index (χ2v) is 6.71. The van der Waals surface area contributed by atoms with Gasteiger partial charge < -0.3 is 9.80 Å². The Morgan fingerprint density at radius 3 is 2.24 bits per heavy atom. The average Bonchev–Trinajstić information content (AvgIpc) is 2.43. The standard InChI is InChI=1S/C7H14N2O6S2/c1-8-4-5-9(7(8)17(13,14)15)3-2-6-16(10,11)12/h4-5,7H,2-3,6H2,1H3,(H,10,11,12)(H,13,14,15). The van der Waals surface area contributed by atoms with Crippen LogP contribution in [0.1, 0.15) is 6.42 Å². The van der Waals surface area contributed by atoms with Crippen LogP contribution < -0.4 is 0 Å². The molecule has 0 fully saturated rings. The van der Waals surface area contributed by atoms with Crippen molar-refractivity contribution in [1.82, 2.24) is 9.80 Å². The van der Waals surface area contributed by atoms with Gasteiger partial charge >= 0.3 is 10.1 Å². The molecule has 2 N–H and O–H groups in total. The Kier molecular flexibility index (Phi) is 4.02. The molecule has 17 heavy (non-hydrogen) atoms. The Morgan fingerprint density at radius 2 is 1.76 bits per heavy atom. The van der Waals surface area contributed by atoms with E-state index in [1.165, 1.54) is 29.2 Å². The van der Waals surface area contributed by atoms with Crippen molar-refractivity contribution in [2.24, 2.45) is 0 Å². The van der Waals surface area contributed by atoms with E-state index in [0.717, 1.165) is 0 Å². The molecule has 0 amide bonds. The zero-order chi connectivity index (χ0) is 13.3. The Hall–Kier alpha value is -0.840. The van der Waals surface area contributed by atoms with E-state index in [0.29, 0.717) is 0 Å². The fourth-order valence-electron chi connectivity index (χ4n) is 1.57. The Morgan fingerprint density at radius 1 is 1.18 bits per heavy atom. The molecule has 0 saturated carbocycles. The van der Waals surface area contributed by atoms with Crippen LogP contribution in [0.25, 0.3) is 0 Å². The average molecular weight is 286 g/mol. The maximum Gasteiger partial charge on any atom is 0.306 e. The second kappa shape index (κ2) is 4.80. The van der Waals surface area contributed by atoms with E-state index in [9.17, 15) is 16.8 Å². The molecular formula is C7H14N2O6S2. The van der Waals surface area contributed by atoms with Crippen LogP contribution in [0.15, 0.2) is 12.4 Å². The third-order valence-electron chi connectivity index (χ3n) is 2.21. The summed E-state index contributed by atoms with van der Waals surface area (Å²) in [6, 6.07) is 0. The van der Waals surface area contributed by atoms with E-state index in [-0.39, 0.29) is 13.0 Å². The van der Waals surface area contributed by atoms with Crippen LogP contribution in [0, 0.1) is 0 Å². The van der Waals surface area contributed by atoms with Crippen LogP contribution >= 0.6 is 0 Å². The van der Waals surface area contributed by atoms with E-state index in [4.69, 9.17) is 9.11 Å². The van der Waals surface area contributed by atoms with Gasteiger partial charge in [0.25, 0.3) is 10.1 Å². The summed E-state index contributed by atoms with van der Waals surface area (Å²) in [5.41, 5.74) is -1.25. The van der Waals surface area contributed by atoms with Crippen molar-refractivity contribution in [2.45, 2.75) is 11.9 Å². The molecule has 0 radical (unpaired) electrons. The minimum atomic E-state index is -4.29. The minimum Gasteiger partial charge on any atom is -0.345 e. The summed E-state index contributed by atoms with van der Waals surface area (Å²) < 4.78 is 60.7. The van der Waals surface area contributed by atoms with Crippen molar-refractivity contribution in [2.75, 3.05) is 19.3 Å². The second-order valence-electron chi connectivity index (χ2n) is 3.68. The smallest absolute Gasteiger partial charge is 0.306 e. The minimum absolute atomic E-state index is 0.0586. The van der Waals surface area contributed by atoms with Crippen molar-refractivity contribution >= 4 is 20.2 Å². The first-order valence-electron chi connectivity index (χ1n) is 4.69. The summed E-state index contributed by atoms with van der Waals surface area (Å²) in [6.07, 6.45) is 2.94. The molecule has 1 aliphatic rings. The first kappa shape index (κ1) is 14.2. The topological polar surface area (TPSA) is 115 Å². The highest BCUT2D eigenvalue weighted by Crippen LogP contribution is 2.18. The first-order chi connectivity index (χ1) is 7.61. The van der Waals surface area contributed by atoms with Gasteiger partial charge in [0.2, 0.25) is 5.50 Å². The van der Waals surface area contributed by atoms with Crippen LogP contribution in [0.4, 0.5) is 0 Å². The lowest BCUT2D eigenvalue weighted by Gasteiger charge is -2.27. The normalized spacial score (nSPS) is 21.2. The molecule has 1 rings (SSSR count). The fraction of sp³-hybridized carbons (Fsp3) is 0.714. The van der Waals surface area contributed by atoms with Gasteiger partial charge in [0.15, 0.2) is 0 Å². The molecule has 1 atom stereocenters. The molecule has 0 aliphatic carbocycles. The summed E-state index contributed by atoms with van der Waals surface area (Å²) in [7, 11) is -6.88. The van der Waals surface area contributed by atoms with Gasteiger partial charge in [-0.05, 0) is 6.42 Å². The van der Waals surface area contributed by atoms with E-state index in [1.807, 2.05) is 0 Å². The number of hydrogen-bond donors (Lipinski definition) is 2. The predicted molar refractivity (Wildman–Crippen MR) is 60.0 cm³/mol. The lowest BCUT2D eigenvalue weighted by molar-refractivity contribution is 0.233. The highest BCUT2D eigenvalue weighted by Gasteiger charge is 2.34. The van der Waals surface area contributed by atoms with Gasteiger partial charge in [0.1, 0.15) is 0 Å². The highest BCUT2D eigenvalue weighted by molar-refractivity contribution is 7.86. The Bertz CT molecular complexity index is 496. The van der Waals surface area contributed by atoms with Crippen LogP contribution in [-0.2, 0) is 20.2 Å². The fourth-order valence-corrected chi connectivity index (χ4v) is 3.07. The lowest BCUT2D eigenvalue weighted by Crippen LogP contribution is -2.43. The monoisotopic (exact) mass is 286 g/mol. The van der Waals surface area contributed by atoms with Crippen LogP contribution in [0.2, 0.25) is 0 Å². The van der Waals surface area contributed by atoms with Crippen LogP contribution in [0.3, 0.4) is 0 Å². The van der Waals surface area contributed by atoms with Crippen molar-refractivity contribution in [3.05, 3.63) is 12.4 Å². The number of rotatable bonds is 5. The molecule has 1 aliphatic heterocycles. The van der Waals surface area contributed by atoms with Crippen LogP contribution in [0.5, 0.6) is 0 Å². The molecule has 1 unspecified atom stereocenters. The number of nitrogens with zero attached hydrogens (tertiary/aromatic N) is 2. The van der Waals surface area contributed by atoms with E-state index in [1.54, 1.807) is 0 Å². The Labute approximate surface area is 100 Å². The van der Waals surface area contributed by atoms with Crippen molar-refractivity contribution in [3.8, 4) is 0 Å². The molecule has 0 spiro atoms. The summed E-state index contributed by atoms with van der Waals surface area (Å²) in [6.45, 7) is 0.0884. The van der Waals surface area contributed by atoms with Gasteiger partial charge in [-0.25, -0.2) is 0 Å². The molecule has 10 heteroatoms. The van der Waals surface area contributed by atoms with Gasteiger partial charge in [0, 0.05) is 26.0 Å². The zero-order valence-corrected chi connectivity index (χ0v) is 10.7. The maximum atomic E-state index is 11.1. The van der Waals surface area contributed by atoms with Gasteiger partial charge in [-0.3, -0.25) is 9.11 Å². The van der Waals surface area contributed by atoms with Gasteiger partial charge in [0.05, 0.1) is 5.75 Å². The highest BCUT2D eigenvalue weighted by atomic mass is 32.2. The molecule has 1 heterocycles. The number of hydrogen-bond acceptors (Lipinski definition) is 6. The molecule has 0 aromatic heterocycles. The van der Waals surface area contributed by atoms with E-state index < -0.39 is 31.5 Å². The summed E-state index contributed by atoms with van der Waals surface area (Å²) in [5, 5.41) is 0. The first-order valence-corrected chi connectivity index (χ1v) is 7.80. The predicted octanol–water partition coefficient (Wildman–Crippen LogP) is -0.846. The molecule has 0 saturated heterocycles. The molecule has 0 bridgehead atoms. The third kappa shape index (κ3) is 4.15. The van der Waals surface area contributed by atoms with Crippen molar-refractivity contribution < 1.29 is 25.9 Å². The largest absolute Gasteiger partial charge is 0.345 e. The summed E-state index contributed by atoms with van der Waals surface area (Å²) >= 11 is 0. The summed E-state index contributed by atoms with van der Waals surface area (Å²) in [4.78, 5) is 2.56. The molecular weight excluding hydrogens is 272 g/mol. The quantitative estimate of drug-likeness (QED) is 0.628. The lowest BCUT2D eigenvalue weighted by atomic mass is 10.4. The summed E-state index contributed by atoms with van der Waals surface area (Å²) in [5.74, 6) is -0.459. The third-order valence-corrected chi connectivity index (χ3v) is 4.15. The van der Waals surface area contributed by atoms with Crippen molar-refractivity contribution in [3.63, 3.8) is 0 Å². The maximum absolute atomic E-state index is 11.1. The van der Waals surface area contributed by atoms with Crippen molar-refractivity contribution in [1.29, 1.82) is 0 Å². The van der Waals surface area contributed by atoms with Crippen LogP contribution in [-0.4, -0.2) is 60.6 Å². The molecule has 0 aromatic carbocycles. The molecule has 100 valence electrons.